The Bertz CT molecular complexity index is 952. The summed E-state index contributed by atoms with van der Waals surface area (Å²) in [5, 5.41) is 19.0. The van der Waals surface area contributed by atoms with Crippen LogP contribution in [0.5, 0.6) is 0 Å². The quantitative estimate of drug-likeness (QED) is 0.605. The van der Waals surface area contributed by atoms with Crippen LogP contribution < -0.4 is 10.6 Å². The van der Waals surface area contributed by atoms with Gasteiger partial charge in [-0.3, -0.25) is 4.79 Å². The summed E-state index contributed by atoms with van der Waals surface area (Å²) in [6.45, 7) is 1.67. The minimum absolute atomic E-state index is 0.0311. The Morgan fingerprint density at radius 3 is 2.16 bits per heavy atom. The molecule has 3 atom stereocenters. The highest BCUT2D eigenvalue weighted by atomic mass is 32.1. The van der Waals surface area contributed by atoms with Gasteiger partial charge in [0, 0.05) is 42.6 Å². The predicted molar refractivity (Wildman–Crippen MR) is 130 cm³/mol. The number of aliphatic hydroxyl groups is 1. The lowest BCUT2D eigenvalue weighted by molar-refractivity contribution is -0.149. The molecule has 32 heavy (non-hydrogen) atoms. The molecule has 1 saturated heterocycles. The summed E-state index contributed by atoms with van der Waals surface area (Å²) in [7, 11) is 0. The number of rotatable bonds is 5. The first kappa shape index (κ1) is 21.4. The fourth-order valence-corrected chi connectivity index (χ4v) is 5.92. The maximum absolute atomic E-state index is 13.5. The molecule has 2 aromatic carbocycles. The zero-order valence-corrected chi connectivity index (χ0v) is 19.1. The maximum Gasteiger partial charge on any atom is 0.257 e. The summed E-state index contributed by atoms with van der Waals surface area (Å²) < 4.78 is 0. The SMILES string of the molecule is O=C(NC1C2CN(C(=S)Nc3ccccc3)CC21)C(O)(c1ccccc1)C1CCCCC1. The van der Waals surface area contributed by atoms with Gasteiger partial charge in [-0.25, -0.2) is 0 Å². The molecular weight excluding hydrogens is 418 g/mol. The Hall–Kier alpha value is -2.44. The van der Waals surface area contributed by atoms with E-state index in [0.717, 1.165) is 49.6 Å². The number of anilines is 1. The van der Waals surface area contributed by atoms with Crippen molar-refractivity contribution in [3.63, 3.8) is 0 Å². The molecule has 5 nitrogen and oxygen atoms in total. The largest absolute Gasteiger partial charge is 0.375 e. The lowest BCUT2D eigenvalue weighted by Gasteiger charge is -2.38. The number of para-hydroxylation sites is 1. The van der Waals surface area contributed by atoms with E-state index in [-0.39, 0.29) is 17.9 Å². The monoisotopic (exact) mass is 449 g/mol. The van der Waals surface area contributed by atoms with E-state index in [1.807, 2.05) is 60.7 Å². The van der Waals surface area contributed by atoms with Crippen molar-refractivity contribution in [3.05, 3.63) is 66.2 Å². The van der Waals surface area contributed by atoms with Gasteiger partial charge in [-0.05, 0) is 42.8 Å². The van der Waals surface area contributed by atoms with Crippen LogP contribution in [0.25, 0.3) is 0 Å². The molecule has 5 rings (SSSR count). The van der Waals surface area contributed by atoms with Crippen LogP contribution in [0.2, 0.25) is 0 Å². The van der Waals surface area contributed by atoms with Gasteiger partial charge in [-0.1, -0.05) is 67.8 Å². The number of nitrogens with one attached hydrogen (secondary N) is 2. The lowest BCUT2D eigenvalue weighted by Crippen LogP contribution is -2.52. The summed E-state index contributed by atoms with van der Waals surface area (Å²) in [6, 6.07) is 19.6. The number of likely N-dealkylation sites (tertiary alicyclic amines) is 1. The smallest absolute Gasteiger partial charge is 0.257 e. The highest BCUT2D eigenvalue weighted by Gasteiger charge is 2.58. The second kappa shape index (κ2) is 8.83. The Morgan fingerprint density at radius 2 is 1.53 bits per heavy atom. The van der Waals surface area contributed by atoms with E-state index >= 15 is 0 Å². The van der Waals surface area contributed by atoms with Crippen LogP contribution >= 0.6 is 12.2 Å². The van der Waals surface area contributed by atoms with Gasteiger partial charge in [0.2, 0.25) is 0 Å². The number of benzene rings is 2. The number of carbonyl (C=O) groups is 1. The van der Waals surface area contributed by atoms with Crippen molar-refractivity contribution in [1.29, 1.82) is 0 Å². The van der Waals surface area contributed by atoms with Crippen LogP contribution in [0.1, 0.15) is 37.7 Å². The number of hydrogen-bond acceptors (Lipinski definition) is 3. The molecule has 0 aromatic heterocycles. The molecule has 0 spiro atoms. The van der Waals surface area contributed by atoms with Crippen molar-refractivity contribution in [3.8, 4) is 0 Å². The van der Waals surface area contributed by atoms with E-state index in [2.05, 4.69) is 15.5 Å². The molecule has 1 heterocycles. The van der Waals surface area contributed by atoms with E-state index in [1.54, 1.807) is 0 Å². The second-order valence-corrected chi connectivity index (χ2v) is 9.88. The third kappa shape index (κ3) is 4.02. The summed E-state index contributed by atoms with van der Waals surface area (Å²) in [5.74, 6) is 0.518. The molecule has 0 bridgehead atoms. The average Bonchev–Trinajstić information content (AvgIpc) is 3.27. The van der Waals surface area contributed by atoms with Crippen LogP contribution in [0, 0.1) is 17.8 Å². The zero-order valence-electron chi connectivity index (χ0n) is 18.2. The fraction of sp³-hybridized carbons (Fsp3) is 0.462. The first-order valence-corrected chi connectivity index (χ1v) is 12.2. The van der Waals surface area contributed by atoms with Crippen LogP contribution in [0.3, 0.4) is 0 Å². The van der Waals surface area contributed by atoms with Crippen LogP contribution in [-0.4, -0.2) is 40.2 Å². The van der Waals surface area contributed by atoms with Gasteiger partial charge in [0.15, 0.2) is 10.7 Å². The van der Waals surface area contributed by atoms with Crippen LogP contribution in [0.15, 0.2) is 60.7 Å². The summed E-state index contributed by atoms with van der Waals surface area (Å²) in [6.07, 6.45) is 5.11. The number of hydrogen-bond donors (Lipinski definition) is 3. The predicted octanol–water partition coefficient (Wildman–Crippen LogP) is 3.90. The topological polar surface area (TPSA) is 64.6 Å². The Kier molecular flexibility index (Phi) is 5.91. The second-order valence-electron chi connectivity index (χ2n) is 9.50. The Labute approximate surface area is 195 Å². The third-order valence-electron chi connectivity index (χ3n) is 7.56. The number of fused-ring (bicyclic) bond motifs is 1. The van der Waals surface area contributed by atoms with Crippen molar-refractivity contribution in [2.75, 3.05) is 18.4 Å². The van der Waals surface area contributed by atoms with Crippen LogP contribution in [-0.2, 0) is 10.4 Å². The van der Waals surface area contributed by atoms with Crippen LogP contribution in [0.4, 0.5) is 5.69 Å². The van der Waals surface area contributed by atoms with Crippen molar-refractivity contribution >= 4 is 28.9 Å². The van der Waals surface area contributed by atoms with Gasteiger partial charge >= 0.3 is 0 Å². The highest BCUT2D eigenvalue weighted by molar-refractivity contribution is 7.80. The normalized spacial score (nSPS) is 26.7. The van der Waals surface area contributed by atoms with E-state index in [9.17, 15) is 9.90 Å². The van der Waals surface area contributed by atoms with E-state index < -0.39 is 5.60 Å². The lowest BCUT2D eigenvalue weighted by atomic mass is 9.73. The van der Waals surface area contributed by atoms with E-state index in [0.29, 0.717) is 17.4 Å². The molecule has 168 valence electrons. The molecule has 3 aliphatic rings. The van der Waals surface area contributed by atoms with Gasteiger partial charge in [0.25, 0.3) is 5.91 Å². The van der Waals surface area contributed by atoms with Crippen molar-refractivity contribution in [1.82, 2.24) is 10.2 Å². The number of piperidine rings is 1. The third-order valence-corrected chi connectivity index (χ3v) is 7.92. The Morgan fingerprint density at radius 1 is 0.938 bits per heavy atom. The van der Waals surface area contributed by atoms with Gasteiger partial charge in [-0.15, -0.1) is 0 Å². The minimum atomic E-state index is -1.46. The molecule has 2 saturated carbocycles. The molecule has 3 N–H and O–H groups in total. The molecule has 1 amide bonds. The van der Waals surface area contributed by atoms with Gasteiger partial charge < -0.3 is 20.6 Å². The molecule has 3 fully saturated rings. The number of thiocarbonyl (C=S) groups is 1. The first-order valence-electron chi connectivity index (χ1n) is 11.8. The Balaban J connectivity index is 1.22. The number of nitrogens with zero attached hydrogens (tertiary/aromatic N) is 1. The summed E-state index contributed by atoms with van der Waals surface area (Å²) >= 11 is 5.59. The molecular formula is C26H31N3O2S. The van der Waals surface area contributed by atoms with Gasteiger partial charge in [0.1, 0.15) is 0 Å². The molecule has 3 unspecified atom stereocenters. The van der Waals surface area contributed by atoms with E-state index in [1.165, 1.54) is 6.42 Å². The average molecular weight is 450 g/mol. The highest BCUT2D eigenvalue weighted by Crippen LogP contribution is 2.47. The standard InChI is InChI=1S/C26H31N3O2S/c30-24(26(31,18-10-4-1-5-11-18)19-12-6-2-7-13-19)28-23-21-16-29(17-22(21)23)25(32)27-20-14-8-3-9-15-20/h1,3-5,8-11,14-15,19,21-23,31H,2,6-7,12-13,16-17H2,(H,27,32)(H,28,30). The summed E-state index contributed by atoms with van der Waals surface area (Å²) in [4.78, 5) is 15.7. The number of amides is 1. The molecule has 0 radical (unpaired) electrons. The number of carbonyl (C=O) groups excluding carboxylic acids is 1. The van der Waals surface area contributed by atoms with E-state index in [4.69, 9.17) is 12.2 Å². The van der Waals surface area contributed by atoms with Gasteiger partial charge in [0.05, 0.1) is 0 Å². The summed E-state index contributed by atoms with van der Waals surface area (Å²) in [5.41, 5.74) is 0.246. The zero-order chi connectivity index (χ0) is 22.1. The minimum Gasteiger partial charge on any atom is -0.375 e. The molecule has 2 aliphatic carbocycles. The first-order chi connectivity index (χ1) is 15.6. The molecule has 2 aromatic rings. The van der Waals surface area contributed by atoms with Crippen molar-refractivity contribution in [2.24, 2.45) is 17.8 Å². The van der Waals surface area contributed by atoms with Crippen molar-refractivity contribution < 1.29 is 9.90 Å². The maximum atomic E-state index is 13.5. The van der Waals surface area contributed by atoms with Gasteiger partial charge in [-0.2, -0.15) is 0 Å². The molecule has 6 heteroatoms. The fourth-order valence-electron chi connectivity index (χ4n) is 5.66. The molecule has 1 aliphatic heterocycles. The van der Waals surface area contributed by atoms with Crippen molar-refractivity contribution in [2.45, 2.75) is 43.7 Å².